The van der Waals surface area contributed by atoms with Gasteiger partial charge in [0.15, 0.2) is 16.6 Å². The van der Waals surface area contributed by atoms with E-state index in [1.807, 2.05) is 26.0 Å². The van der Waals surface area contributed by atoms with Crippen LogP contribution in [-0.4, -0.2) is 31.1 Å². The molecular weight excluding hydrogens is 366 g/mol. The second kappa shape index (κ2) is 10.2. The van der Waals surface area contributed by atoms with Gasteiger partial charge in [-0.1, -0.05) is 12.7 Å². The Bertz CT molecular complexity index is 550. The van der Waals surface area contributed by atoms with Crippen molar-refractivity contribution in [3.63, 3.8) is 0 Å². The molecule has 22 heavy (non-hydrogen) atoms. The van der Waals surface area contributed by atoms with Gasteiger partial charge in [0.2, 0.25) is 0 Å². The minimum atomic E-state index is 0.415. The smallest absolute Gasteiger partial charge is 0.186 e. The molecule has 0 unspecified atom stereocenters. The highest BCUT2D eigenvalue weighted by Crippen LogP contribution is 2.33. The second-order valence-corrected chi connectivity index (χ2v) is 5.35. The molecule has 0 atom stereocenters. The average molecular weight is 386 g/mol. The number of hydrogen-bond acceptors (Lipinski definition) is 4. The van der Waals surface area contributed by atoms with Crippen molar-refractivity contribution in [1.82, 2.24) is 10.7 Å². The molecule has 2 N–H and O–H groups in total. The summed E-state index contributed by atoms with van der Waals surface area (Å²) in [5, 5.41) is 7.52. The maximum Gasteiger partial charge on any atom is 0.186 e. The molecule has 0 heterocycles. The van der Waals surface area contributed by atoms with Crippen LogP contribution in [0.1, 0.15) is 19.4 Å². The molecule has 0 saturated carbocycles. The van der Waals surface area contributed by atoms with Gasteiger partial charge in [0.1, 0.15) is 6.61 Å². The Morgan fingerprint density at radius 2 is 2.09 bits per heavy atom. The molecule has 0 amide bonds. The fraction of sp³-hybridized carbons (Fsp3) is 0.333. The second-order valence-electron chi connectivity index (χ2n) is 4.08. The van der Waals surface area contributed by atoms with E-state index in [1.165, 1.54) is 0 Å². The molecule has 0 saturated heterocycles. The number of thiocarbonyl (C=S) groups is 1. The van der Waals surface area contributed by atoms with Crippen LogP contribution in [0.3, 0.4) is 0 Å². The fourth-order valence-electron chi connectivity index (χ4n) is 1.54. The predicted molar refractivity (Wildman–Crippen MR) is 98.0 cm³/mol. The lowest BCUT2D eigenvalue weighted by Crippen LogP contribution is -2.31. The molecule has 7 heteroatoms. The van der Waals surface area contributed by atoms with Crippen LogP contribution in [0.5, 0.6) is 11.5 Å². The quantitative estimate of drug-likeness (QED) is 0.311. The molecule has 120 valence electrons. The van der Waals surface area contributed by atoms with Crippen molar-refractivity contribution in [2.75, 3.05) is 19.8 Å². The molecule has 1 aromatic carbocycles. The molecule has 0 aliphatic rings. The summed E-state index contributed by atoms with van der Waals surface area (Å²) in [4.78, 5) is 0. The van der Waals surface area contributed by atoms with E-state index in [-0.39, 0.29) is 0 Å². The SMILES string of the molecule is C=CCOc1cc(Br)c(C=NNC(=S)NCC)cc1OCC. The van der Waals surface area contributed by atoms with Crippen LogP contribution in [0.15, 0.2) is 34.4 Å². The summed E-state index contributed by atoms with van der Waals surface area (Å²) in [6, 6.07) is 3.70. The first kappa shape index (κ1) is 18.4. The molecule has 0 aliphatic carbocycles. The summed E-state index contributed by atoms with van der Waals surface area (Å²) < 4.78 is 12.0. The minimum Gasteiger partial charge on any atom is -0.490 e. The number of hydrogen-bond donors (Lipinski definition) is 2. The Kier molecular flexibility index (Phi) is 8.54. The van der Waals surface area contributed by atoms with E-state index in [4.69, 9.17) is 21.7 Å². The van der Waals surface area contributed by atoms with Gasteiger partial charge < -0.3 is 14.8 Å². The van der Waals surface area contributed by atoms with Gasteiger partial charge >= 0.3 is 0 Å². The van der Waals surface area contributed by atoms with Crippen LogP contribution in [-0.2, 0) is 0 Å². The van der Waals surface area contributed by atoms with Crippen molar-refractivity contribution >= 4 is 39.5 Å². The summed E-state index contributed by atoms with van der Waals surface area (Å²) in [5.74, 6) is 1.31. The van der Waals surface area contributed by atoms with Gasteiger partial charge in [0, 0.05) is 16.6 Å². The summed E-state index contributed by atoms with van der Waals surface area (Å²) in [5.41, 5.74) is 3.59. The zero-order valence-electron chi connectivity index (χ0n) is 12.7. The Labute approximate surface area is 144 Å². The Hall–Kier alpha value is -1.60. The van der Waals surface area contributed by atoms with Crippen LogP contribution >= 0.6 is 28.1 Å². The minimum absolute atomic E-state index is 0.415. The van der Waals surface area contributed by atoms with Gasteiger partial charge in [-0.05, 0) is 54.1 Å². The molecule has 1 rings (SSSR count). The Morgan fingerprint density at radius 1 is 1.36 bits per heavy atom. The largest absolute Gasteiger partial charge is 0.490 e. The van der Waals surface area contributed by atoms with Gasteiger partial charge in [0.05, 0.1) is 12.8 Å². The molecule has 0 fully saturated rings. The third-order valence-electron chi connectivity index (χ3n) is 2.43. The van der Waals surface area contributed by atoms with Gasteiger partial charge in [-0.25, -0.2) is 0 Å². The number of halogens is 1. The molecule has 1 aromatic rings. The summed E-state index contributed by atoms with van der Waals surface area (Å²) >= 11 is 8.53. The highest BCUT2D eigenvalue weighted by Gasteiger charge is 2.09. The summed E-state index contributed by atoms with van der Waals surface area (Å²) in [6.07, 6.45) is 3.35. The molecule has 0 aromatic heterocycles. The normalized spacial score (nSPS) is 10.3. The highest BCUT2D eigenvalue weighted by atomic mass is 79.9. The highest BCUT2D eigenvalue weighted by molar-refractivity contribution is 9.10. The van der Waals surface area contributed by atoms with Crippen molar-refractivity contribution in [2.45, 2.75) is 13.8 Å². The molecule has 0 bridgehead atoms. The van der Waals surface area contributed by atoms with Gasteiger partial charge in [-0.3, -0.25) is 5.43 Å². The van der Waals surface area contributed by atoms with Crippen molar-refractivity contribution in [2.24, 2.45) is 5.10 Å². The first-order valence-corrected chi connectivity index (χ1v) is 8.09. The number of nitrogens with zero attached hydrogens (tertiary/aromatic N) is 1. The van der Waals surface area contributed by atoms with Crippen LogP contribution in [0.2, 0.25) is 0 Å². The summed E-state index contributed by atoms with van der Waals surface area (Å²) in [7, 11) is 0. The standard InChI is InChI=1S/C15H20BrN3O2S/c1-4-7-21-14-9-12(16)11(8-13(14)20-6-3)10-18-19-15(22)17-5-2/h4,8-10H,1,5-7H2,2-3H3,(H2,17,19,22). The molecule has 0 spiro atoms. The van der Waals surface area contributed by atoms with Crippen molar-refractivity contribution < 1.29 is 9.47 Å². The zero-order valence-corrected chi connectivity index (χ0v) is 15.1. The van der Waals surface area contributed by atoms with E-state index in [1.54, 1.807) is 12.3 Å². The number of benzene rings is 1. The van der Waals surface area contributed by atoms with Crippen LogP contribution in [0.25, 0.3) is 0 Å². The predicted octanol–water partition coefficient (Wildman–Crippen LogP) is 3.23. The lowest BCUT2D eigenvalue weighted by Gasteiger charge is -2.12. The van der Waals surface area contributed by atoms with E-state index in [2.05, 4.69) is 38.4 Å². The van der Waals surface area contributed by atoms with Crippen LogP contribution < -0.4 is 20.2 Å². The van der Waals surface area contributed by atoms with Crippen molar-refractivity contribution in [1.29, 1.82) is 0 Å². The Morgan fingerprint density at radius 3 is 2.73 bits per heavy atom. The van der Waals surface area contributed by atoms with E-state index in [9.17, 15) is 0 Å². The van der Waals surface area contributed by atoms with Crippen LogP contribution in [0.4, 0.5) is 0 Å². The van der Waals surface area contributed by atoms with E-state index < -0.39 is 0 Å². The topological polar surface area (TPSA) is 54.9 Å². The fourth-order valence-corrected chi connectivity index (χ4v) is 2.16. The monoisotopic (exact) mass is 385 g/mol. The lowest BCUT2D eigenvalue weighted by atomic mass is 10.2. The lowest BCUT2D eigenvalue weighted by molar-refractivity contribution is 0.296. The average Bonchev–Trinajstić information content (AvgIpc) is 2.49. The summed E-state index contributed by atoms with van der Waals surface area (Å²) in [6.45, 7) is 9.23. The molecular formula is C15H20BrN3O2S. The molecule has 5 nitrogen and oxygen atoms in total. The van der Waals surface area contributed by atoms with E-state index in [0.29, 0.717) is 29.8 Å². The number of nitrogens with one attached hydrogen (secondary N) is 2. The number of ether oxygens (including phenoxy) is 2. The van der Waals surface area contributed by atoms with Crippen LogP contribution in [0, 0.1) is 0 Å². The first-order valence-electron chi connectivity index (χ1n) is 6.89. The number of rotatable bonds is 8. The molecule has 0 aliphatic heterocycles. The van der Waals surface area contributed by atoms with Gasteiger partial charge in [0.25, 0.3) is 0 Å². The van der Waals surface area contributed by atoms with Crippen molar-refractivity contribution in [3.05, 3.63) is 34.8 Å². The van der Waals surface area contributed by atoms with Gasteiger partial charge in [-0.15, -0.1) is 0 Å². The van der Waals surface area contributed by atoms with Gasteiger partial charge in [-0.2, -0.15) is 5.10 Å². The maximum absolute atomic E-state index is 5.60. The third kappa shape index (κ3) is 6.03. The molecule has 0 radical (unpaired) electrons. The first-order chi connectivity index (χ1) is 10.6. The van der Waals surface area contributed by atoms with E-state index in [0.717, 1.165) is 16.6 Å². The third-order valence-corrected chi connectivity index (χ3v) is 3.35. The number of hydrazone groups is 1. The maximum atomic E-state index is 5.60. The Balaban J connectivity index is 2.90. The zero-order chi connectivity index (χ0) is 16.4. The van der Waals surface area contributed by atoms with E-state index >= 15 is 0 Å². The van der Waals surface area contributed by atoms with Crippen molar-refractivity contribution in [3.8, 4) is 11.5 Å².